The van der Waals surface area contributed by atoms with Crippen molar-refractivity contribution in [3.05, 3.63) is 63.0 Å². The molecule has 1 unspecified atom stereocenters. The Labute approximate surface area is 140 Å². The second-order valence-electron chi connectivity index (χ2n) is 4.35. The zero-order chi connectivity index (χ0) is 15.5. The molecular formula is C14H13Br2NO3S. The van der Waals surface area contributed by atoms with E-state index in [9.17, 15) is 13.5 Å². The van der Waals surface area contributed by atoms with Crippen LogP contribution in [0.4, 0.5) is 0 Å². The van der Waals surface area contributed by atoms with Crippen LogP contribution in [0.15, 0.2) is 62.4 Å². The molecule has 112 valence electrons. The van der Waals surface area contributed by atoms with E-state index in [0.717, 1.165) is 4.47 Å². The van der Waals surface area contributed by atoms with Crippen LogP contribution < -0.4 is 4.72 Å². The van der Waals surface area contributed by atoms with Gasteiger partial charge in [-0.3, -0.25) is 0 Å². The minimum Gasteiger partial charge on any atom is -0.387 e. The minimum atomic E-state index is -3.69. The highest BCUT2D eigenvalue weighted by molar-refractivity contribution is 9.11. The number of nitrogens with one attached hydrogen (secondary N) is 1. The molecule has 0 saturated carbocycles. The highest BCUT2D eigenvalue weighted by Gasteiger charge is 2.19. The molecule has 0 radical (unpaired) electrons. The lowest BCUT2D eigenvalue weighted by molar-refractivity contribution is 0.182. The number of benzene rings is 2. The van der Waals surface area contributed by atoms with Gasteiger partial charge in [-0.1, -0.05) is 46.3 Å². The number of sulfonamides is 1. The molecule has 0 bridgehead atoms. The molecule has 0 aliphatic rings. The average Bonchev–Trinajstić information content (AvgIpc) is 2.45. The van der Waals surface area contributed by atoms with E-state index in [4.69, 9.17) is 0 Å². The summed E-state index contributed by atoms with van der Waals surface area (Å²) in [4.78, 5) is 0.131. The molecule has 1 atom stereocenters. The molecule has 21 heavy (non-hydrogen) atoms. The van der Waals surface area contributed by atoms with Crippen molar-refractivity contribution in [2.45, 2.75) is 11.0 Å². The summed E-state index contributed by atoms with van der Waals surface area (Å²) in [5.74, 6) is 0. The monoisotopic (exact) mass is 433 g/mol. The maximum atomic E-state index is 12.2. The Kier molecular flexibility index (Phi) is 5.56. The summed E-state index contributed by atoms with van der Waals surface area (Å²) in [6.45, 7) is -0.0884. The van der Waals surface area contributed by atoms with Gasteiger partial charge in [0.1, 0.15) is 0 Å². The summed E-state index contributed by atoms with van der Waals surface area (Å²) in [7, 11) is -3.69. The Morgan fingerprint density at radius 1 is 1.10 bits per heavy atom. The molecule has 0 amide bonds. The van der Waals surface area contributed by atoms with Crippen LogP contribution in [0.2, 0.25) is 0 Å². The first-order valence-electron chi connectivity index (χ1n) is 6.08. The molecular weight excluding hydrogens is 422 g/mol. The van der Waals surface area contributed by atoms with Crippen LogP contribution in [-0.4, -0.2) is 20.1 Å². The van der Waals surface area contributed by atoms with E-state index in [2.05, 4.69) is 36.6 Å². The highest BCUT2D eigenvalue weighted by atomic mass is 79.9. The maximum Gasteiger partial charge on any atom is 0.241 e. The third kappa shape index (κ3) is 4.37. The fourth-order valence-corrected chi connectivity index (χ4v) is 4.53. The molecule has 0 aromatic heterocycles. The van der Waals surface area contributed by atoms with E-state index in [0.29, 0.717) is 10.0 Å². The standard InChI is InChI=1S/C14H13Br2NO3S/c15-11-6-7-14(12(16)8-11)21(19,20)17-9-13(18)10-4-2-1-3-5-10/h1-8,13,17-18H,9H2. The Balaban J connectivity index is 2.11. The molecule has 0 heterocycles. The minimum absolute atomic E-state index is 0.0884. The van der Waals surface area contributed by atoms with E-state index in [-0.39, 0.29) is 11.4 Å². The Morgan fingerprint density at radius 2 is 1.76 bits per heavy atom. The summed E-state index contributed by atoms with van der Waals surface area (Å²) in [5.41, 5.74) is 0.662. The number of halogens is 2. The van der Waals surface area contributed by atoms with Gasteiger partial charge in [0.2, 0.25) is 10.0 Å². The molecule has 0 saturated heterocycles. The van der Waals surface area contributed by atoms with Gasteiger partial charge in [-0.15, -0.1) is 0 Å². The van der Waals surface area contributed by atoms with Crippen molar-refractivity contribution in [1.82, 2.24) is 4.72 Å². The average molecular weight is 435 g/mol. The van der Waals surface area contributed by atoms with Gasteiger partial charge >= 0.3 is 0 Å². The van der Waals surface area contributed by atoms with Gasteiger partial charge in [-0.05, 0) is 39.7 Å². The Bertz CT molecular complexity index is 720. The zero-order valence-electron chi connectivity index (χ0n) is 10.8. The molecule has 2 N–H and O–H groups in total. The van der Waals surface area contributed by atoms with Crippen molar-refractivity contribution >= 4 is 41.9 Å². The molecule has 0 aliphatic carbocycles. The van der Waals surface area contributed by atoms with E-state index >= 15 is 0 Å². The summed E-state index contributed by atoms with van der Waals surface area (Å²) < 4.78 is 28.1. The summed E-state index contributed by atoms with van der Waals surface area (Å²) in [5, 5.41) is 10.00. The normalized spacial score (nSPS) is 13.1. The fourth-order valence-electron chi connectivity index (χ4n) is 1.75. The van der Waals surface area contributed by atoms with E-state index in [1.807, 2.05) is 6.07 Å². The van der Waals surface area contributed by atoms with Crippen LogP contribution in [0.1, 0.15) is 11.7 Å². The van der Waals surface area contributed by atoms with Crippen LogP contribution in [0.3, 0.4) is 0 Å². The van der Waals surface area contributed by atoms with Crippen LogP contribution >= 0.6 is 31.9 Å². The van der Waals surface area contributed by atoms with Gasteiger partial charge in [0, 0.05) is 15.5 Å². The van der Waals surface area contributed by atoms with Crippen molar-refractivity contribution in [3.63, 3.8) is 0 Å². The third-order valence-corrected chi connectivity index (χ3v) is 5.73. The number of rotatable bonds is 5. The topological polar surface area (TPSA) is 66.4 Å². The molecule has 2 aromatic carbocycles. The highest BCUT2D eigenvalue weighted by Crippen LogP contribution is 2.25. The number of hydrogen-bond donors (Lipinski definition) is 2. The van der Waals surface area contributed by atoms with Crippen molar-refractivity contribution in [2.24, 2.45) is 0 Å². The van der Waals surface area contributed by atoms with Crippen LogP contribution in [0.5, 0.6) is 0 Å². The van der Waals surface area contributed by atoms with Gasteiger partial charge in [-0.2, -0.15) is 0 Å². The molecule has 0 spiro atoms. The van der Waals surface area contributed by atoms with Gasteiger partial charge in [-0.25, -0.2) is 13.1 Å². The molecule has 0 fully saturated rings. The molecule has 0 aliphatic heterocycles. The quantitative estimate of drug-likeness (QED) is 0.759. The second-order valence-corrected chi connectivity index (χ2v) is 7.86. The summed E-state index contributed by atoms with van der Waals surface area (Å²) in [6, 6.07) is 13.7. The lowest BCUT2D eigenvalue weighted by Crippen LogP contribution is -2.28. The predicted octanol–water partition coefficient (Wildman–Crippen LogP) is 3.22. The van der Waals surface area contributed by atoms with Crippen LogP contribution in [0.25, 0.3) is 0 Å². The number of hydrogen-bond acceptors (Lipinski definition) is 3. The number of aliphatic hydroxyl groups is 1. The summed E-state index contributed by atoms with van der Waals surface area (Å²) >= 11 is 6.49. The van der Waals surface area contributed by atoms with E-state index in [1.54, 1.807) is 36.4 Å². The van der Waals surface area contributed by atoms with Crippen molar-refractivity contribution in [2.75, 3.05) is 6.54 Å². The lowest BCUT2D eigenvalue weighted by Gasteiger charge is -2.13. The van der Waals surface area contributed by atoms with Crippen molar-refractivity contribution in [3.8, 4) is 0 Å². The molecule has 4 nitrogen and oxygen atoms in total. The largest absolute Gasteiger partial charge is 0.387 e. The third-order valence-electron chi connectivity index (χ3n) is 2.83. The smallest absolute Gasteiger partial charge is 0.241 e. The zero-order valence-corrected chi connectivity index (χ0v) is 14.8. The van der Waals surface area contributed by atoms with Crippen LogP contribution in [-0.2, 0) is 10.0 Å². The first-order valence-corrected chi connectivity index (χ1v) is 9.15. The maximum absolute atomic E-state index is 12.2. The molecule has 2 rings (SSSR count). The van der Waals surface area contributed by atoms with Gasteiger partial charge < -0.3 is 5.11 Å². The Hall–Kier alpha value is -0.730. The summed E-state index contributed by atoms with van der Waals surface area (Å²) in [6.07, 6.45) is -0.893. The molecule has 7 heteroatoms. The predicted molar refractivity (Wildman–Crippen MR) is 88.4 cm³/mol. The van der Waals surface area contributed by atoms with Gasteiger partial charge in [0.15, 0.2) is 0 Å². The molecule has 2 aromatic rings. The van der Waals surface area contributed by atoms with Crippen LogP contribution in [0, 0.1) is 0 Å². The second kappa shape index (κ2) is 7.02. The van der Waals surface area contributed by atoms with Crippen molar-refractivity contribution in [1.29, 1.82) is 0 Å². The van der Waals surface area contributed by atoms with E-state index in [1.165, 1.54) is 6.07 Å². The van der Waals surface area contributed by atoms with E-state index < -0.39 is 16.1 Å². The first kappa shape index (κ1) is 16.6. The van der Waals surface area contributed by atoms with Crippen molar-refractivity contribution < 1.29 is 13.5 Å². The SMILES string of the molecule is O=S(=O)(NCC(O)c1ccccc1)c1ccc(Br)cc1Br. The fraction of sp³-hybridized carbons (Fsp3) is 0.143. The lowest BCUT2D eigenvalue weighted by atomic mass is 10.1. The van der Waals surface area contributed by atoms with Gasteiger partial charge in [0.25, 0.3) is 0 Å². The number of aliphatic hydroxyl groups excluding tert-OH is 1. The van der Waals surface area contributed by atoms with Gasteiger partial charge in [0.05, 0.1) is 11.0 Å². The Morgan fingerprint density at radius 3 is 2.38 bits per heavy atom. The first-order chi connectivity index (χ1) is 9.90.